The molecule has 0 saturated carbocycles. The number of nitrogens with zero attached hydrogens (tertiary/aromatic N) is 3. The Morgan fingerprint density at radius 2 is 1.94 bits per heavy atom. The minimum atomic E-state index is -0.850. The molecule has 2 aromatic heterocycles. The fraction of sp³-hybridized carbons (Fsp3) is 0.130. The zero-order valence-corrected chi connectivity index (χ0v) is 18.4. The highest BCUT2D eigenvalue weighted by Gasteiger charge is 2.21. The number of rotatable bonds is 7. The molecule has 0 radical (unpaired) electrons. The third-order valence-electron chi connectivity index (χ3n) is 4.86. The van der Waals surface area contributed by atoms with Gasteiger partial charge in [0.25, 0.3) is 11.7 Å². The Morgan fingerprint density at radius 1 is 1.12 bits per heavy atom. The van der Waals surface area contributed by atoms with E-state index >= 15 is 0 Å². The molecule has 9 nitrogen and oxygen atoms in total. The van der Waals surface area contributed by atoms with Crippen LogP contribution in [0.4, 0.5) is 4.39 Å². The summed E-state index contributed by atoms with van der Waals surface area (Å²) in [6, 6.07) is 14.6. The molecule has 0 fully saturated rings. The fourth-order valence-electron chi connectivity index (χ4n) is 3.22. The van der Waals surface area contributed by atoms with Crippen molar-refractivity contribution in [2.75, 3.05) is 13.4 Å². The number of ether oxygens (including phenoxy) is 3. The molecule has 11 heteroatoms. The van der Waals surface area contributed by atoms with Gasteiger partial charge in [-0.05, 0) is 53.4 Å². The van der Waals surface area contributed by atoms with E-state index in [1.54, 1.807) is 18.2 Å². The molecule has 0 atom stereocenters. The second-order valence-electron chi connectivity index (χ2n) is 7.17. The summed E-state index contributed by atoms with van der Waals surface area (Å²) in [6.45, 7) is -0.101. The number of benzene rings is 2. The average Bonchev–Trinajstić information content (AvgIpc) is 3.61. The number of thiophene rings is 1. The lowest BCUT2D eigenvalue weighted by atomic mass is 10.2. The predicted octanol–water partition coefficient (Wildman–Crippen LogP) is 3.34. The lowest BCUT2D eigenvalue weighted by Crippen LogP contribution is -2.28. The van der Waals surface area contributed by atoms with Gasteiger partial charge in [-0.1, -0.05) is 12.1 Å². The summed E-state index contributed by atoms with van der Waals surface area (Å²) in [5.41, 5.74) is 1.34. The van der Waals surface area contributed by atoms with Crippen molar-refractivity contribution in [1.29, 1.82) is 0 Å². The summed E-state index contributed by atoms with van der Waals surface area (Å²) in [5.74, 6) is -0.273. The highest BCUT2D eigenvalue weighted by Crippen LogP contribution is 2.32. The van der Waals surface area contributed by atoms with Crippen LogP contribution in [0.1, 0.15) is 16.2 Å². The number of hydrogen-bond donors (Lipinski definition) is 1. The van der Waals surface area contributed by atoms with Gasteiger partial charge in [0.15, 0.2) is 23.9 Å². The number of fused-ring (bicyclic) bond motifs is 1. The Kier molecular flexibility index (Phi) is 5.91. The SMILES string of the molecule is O=C(COC(=O)c1nc(-c2cccs2)n(-c2ccc(F)cc2)n1)NCc1ccc2c(c1)OCO2. The zero-order valence-electron chi connectivity index (χ0n) is 17.6. The molecule has 4 aromatic rings. The van der Waals surface area contributed by atoms with Gasteiger partial charge >= 0.3 is 5.97 Å². The number of amides is 1. The number of nitrogens with one attached hydrogen (secondary N) is 1. The van der Waals surface area contributed by atoms with Gasteiger partial charge in [0.05, 0.1) is 10.6 Å². The number of hydrogen-bond acceptors (Lipinski definition) is 8. The van der Waals surface area contributed by atoms with E-state index in [1.807, 2.05) is 17.5 Å². The van der Waals surface area contributed by atoms with Crippen LogP contribution in [0.3, 0.4) is 0 Å². The van der Waals surface area contributed by atoms with Gasteiger partial charge in [-0.3, -0.25) is 4.79 Å². The Labute approximate surface area is 196 Å². The molecule has 0 aliphatic carbocycles. The first-order valence-corrected chi connectivity index (χ1v) is 11.0. The van der Waals surface area contributed by atoms with Gasteiger partial charge in [0.1, 0.15) is 5.82 Å². The van der Waals surface area contributed by atoms with Crippen molar-refractivity contribution in [3.05, 3.63) is 77.2 Å². The van der Waals surface area contributed by atoms with Gasteiger partial charge in [-0.25, -0.2) is 13.9 Å². The summed E-state index contributed by atoms with van der Waals surface area (Å²) < 4.78 is 30.5. The third kappa shape index (κ3) is 4.59. The van der Waals surface area contributed by atoms with E-state index in [-0.39, 0.29) is 19.2 Å². The van der Waals surface area contributed by atoms with E-state index in [4.69, 9.17) is 14.2 Å². The molecular weight excluding hydrogens is 463 g/mol. The van der Waals surface area contributed by atoms with Crippen LogP contribution in [-0.4, -0.2) is 40.0 Å². The van der Waals surface area contributed by atoms with Gasteiger partial charge < -0.3 is 19.5 Å². The maximum absolute atomic E-state index is 13.3. The minimum absolute atomic E-state index is 0.167. The van der Waals surface area contributed by atoms with Crippen molar-refractivity contribution < 1.29 is 28.2 Å². The molecule has 0 spiro atoms. The normalized spacial score (nSPS) is 11.9. The maximum Gasteiger partial charge on any atom is 0.378 e. The van der Waals surface area contributed by atoms with Crippen molar-refractivity contribution in [1.82, 2.24) is 20.1 Å². The predicted molar refractivity (Wildman–Crippen MR) is 119 cm³/mol. The monoisotopic (exact) mass is 480 g/mol. The Hall–Kier alpha value is -4.25. The van der Waals surface area contributed by atoms with E-state index < -0.39 is 24.3 Å². The van der Waals surface area contributed by atoms with Crippen LogP contribution in [0.25, 0.3) is 16.4 Å². The molecule has 1 amide bonds. The molecule has 34 heavy (non-hydrogen) atoms. The molecule has 172 valence electrons. The fourth-order valence-corrected chi connectivity index (χ4v) is 3.92. The van der Waals surface area contributed by atoms with E-state index in [0.717, 1.165) is 10.4 Å². The molecule has 0 saturated heterocycles. The quantitative estimate of drug-likeness (QED) is 0.405. The zero-order chi connectivity index (χ0) is 23.5. The summed E-state index contributed by atoms with van der Waals surface area (Å²) in [7, 11) is 0. The van der Waals surface area contributed by atoms with Crippen molar-refractivity contribution in [2.24, 2.45) is 0 Å². The van der Waals surface area contributed by atoms with Crippen LogP contribution >= 0.6 is 11.3 Å². The maximum atomic E-state index is 13.3. The highest BCUT2D eigenvalue weighted by atomic mass is 32.1. The first-order valence-electron chi connectivity index (χ1n) is 10.2. The number of carbonyl (C=O) groups excluding carboxylic acids is 2. The number of halogens is 1. The summed E-state index contributed by atoms with van der Waals surface area (Å²) >= 11 is 1.41. The third-order valence-corrected chi connectivity index (χ3v) is 5.73. The van der Waals surface area contributed by atoms with E-state index in [1.165, 1.54) is 40.3 Å². The van der Waals surface area contributed by atoms with E-state index in [9.17, 15) is 14.0 Å². The number of aromatic nitrogens is 3. The van der Waals surface area contributed by atoms with Gasteiger partial charge in [0, 0.05) is 6.54 Å². The largest absolute Gasteiger partial charge is 0.454 e. The lowest BCUT2D eigenvalue weighted by molar-refractivity contribution is -0.124. The smallest absolute Gasteiger partial charge is 0.378 e. The molecule has 1 aliphatic heterocycles. The molecule has 0 bridgehead atoms. The van der Waals surface area contributed by atoms with Gasteiger partial charge in [-0.2, -0.15) is 4.98 Å². The minimum Gasteiger partial charge on any atom is -0.454 e. The average molecular weight is 480 g/mol. The van der Waals surface area contributed by atoms with Crippen molar-refractivity contribution in [3.63, 3.8) is 0 Å². The van der Waals surface area contributed by atoms with E-state index in [0.29, 0.717) is 23.0 Å². The van der Waals surface area contributed by atoms with Gasteiger partial charge in [-0.15, -0.1) is 16.4 Å². The Bertz CT molecular complexity index is 1340. The molecule has 2 aromatic carbocycles. The Balaban J connectivity index is 1.24. The van der Waals surface area contributed by atoms with Crippen LogP contribution in [0, 0.1) is 5.82 Å². The van der Waals surface area contributed by atoms with Crippen molar-refractivity contribution >= 4 is 23.2 Å². The summed E-state index contributed by atoms with van der Waals surface area (Å²) in [4.78, 5) is 29.8. The molecule has 3 heterocycles. The second kappa shape index (κ2) is 9.32. The highest BCUT2D eigenvalue weighted by molar-refractivity contribution is 7.13. The second-order valence-corrected chi connectivity index (χ2v) is 8.11. The van der Waals surface area contributed by atoms with Crippen LogP contribution in [0.2, 0.25) is 0 Å². The molecular formula is C23H17FN4O5S. The van der Waals surface area contributed by atoms with Crippen LogP contribution in [-0.2, 0) is 16.1 Å². The first kappa shape index (κ1) is 21.6. The van der Waals surface area contributed by atoms with Gasteiger partial charge in [0.2, 0.25) is 6.79 Å². The van der Waals surface area contributed by atoms with E-state index in [2.05, 4.69) is 15.4 Å². The van der Waals surface area contributed by atoms with Crippen LogP contribution in [0.15, 0.2) is 60.0 Å². The number of carbonyl (C=O) groups is 2. The number of esters is 1. The summed E-state index contributed by atoms with van der Waals surface area (Å²) in [6.07, 6.45) is 0. The first-order chi connectivity index (χ1) is 16.6. The lowest BCUT2D eigenvalue weighted by Gasteiger charge is -2.06. The molecule has 0 unspecified atom stereocenters. The summed E-state index contributed by atoms with van der Waals surface area (Å²) in [5, 5.41) is 8.77. The standard InChI is InChI=1S/C23H17FN4O5S/c24-15-4-6-16(7-5-15)28-22(19-2-1-9-34-19)26-21(27-28)23(30)31-12-20(29)25-11-14-3-8-17-18(10-14)33-13-32-17/h1-10H,11-13H2,(H,25,29). The topological polar surface area (TPSA) is 105 Å². The Morgan fingerprint density at radius 3 is 2.74 bits per heavy atom. The molecule has 5 rings (SSSR count). The van der Waals surface area contributed by atoms with Crippen LogP contribution in [0.5, 0.6) is 11.5 Å². The van der Waals surface area contributed by atoms with Crippen molar-refractivity contribution in [3.8, 4) is 27.9 Å². The van der Waals surface area contributed by atoms with Crippen LogP contribution < -0.4 is 14.8 Å². The molecule has 1 aliphatic rings. The van der Waals surface area contributed by atoms with Crippen molar-refractivity contribution in [2.45, 2.75) is 6.54 Å². The molecule has 1 N–H and O–H groups in total.